The lowest BCUT2D eigenvalue weighted by atomic mass is 9.88. The fourth-order valence-corrected chi connectivity index (χ4v) is 3.41. The van der Waals surface area contributed by atoms with Crippen LogP contribution in [0.25, 0.3) is 0 Å². The fraction of sp³-hybridized carbons (Fsp3) is 0.333. The van der Waals surface area contributed by atoms with Crippen LogP contribution < -0.4 is 10.1 Å². The van der Waals surface area contributed by atoms with Crippen LogP contribution in [0, 0.1) is 0 Å². The van der Waals surface area contributed by atoms with Gasteiger partial charge in [-0.05, 0) is 47.7 Å². The standard InChI is InChI=1S/C18H19NO/c1-12-9-15-10-16-14(11-17(15)20-12)7-8-19-18(16)13-5-3-2-4-6-13/h2-6,10-12,18-19H,7-9H2,1H3. The SMILES string of the molecule is CC1Cc2cc3c(cc2O1)CCNC3c1ccccc1. The molecule has 2 nitrogen and oxygen atoms in total. The summed E-state index contributed by atoms with van der Waals surface area (Å²) in [6, 6.07) is 15.7. The lowest BCUT2D eigenvalue weighted by Crippen LogP contribution is -2.30. The van der Waals surface area contributed by atoms with E-state index in [1.807, 2.05) is 0 Å². The second-order valence-electron chi connectivity index (χ2n) is 5.84. The molecule has 2 aromatic carbocycles. The third-order valence-electron chi connectivity index (χ3n) is 4.34. The number of hydrogen-bond acceptors (Lipinski definition) is 2. The van der Waals surface area contributed by atoms with E-state index >= 15 is 0 Å². The predicted molar refractivity (Wildman–Crippen MR) is 80.2 cm³/mol. The van der Waals surface area contributed by atoms with Gasteiger partial charge in [0, 0.05) is 13.0 Å². The van der Waals surface area contributed by atoms with Crippen molar-refractivity contribution in [3.8, 4) is 5.75 Å². The van der Waals surface area contributed by atoms with Crippen LogP contribution in [0.3, 0.4) is 0 Å². The second kappa shape index (κ2) is 4.64. The Hall–Kier alpha value is -1.80. The van der Waals surface area contributed by atoms with E-state index in [1.54, 1.807) is 0 Å². The smallest absolute Gasteiger partial charge is 0.123 e. The summed E-state index contributed by atoms with van der Waals surface area (Å²) in [5.41, 5.74) is 5.57. The number of rotatable bonds is 1. The van der Waals surface area contributed by atoms with Crippen molar-refractivity contribution in [2.75, 3.05) is 6.54 Å². The average molecular weight is 265 g/mol. The summed E-state index contributed by atoms with van der Waals surface area (Å²) in [4.78, 5) is 0. The third-order valence-corrected chi connectivity index (χ3v) is 4.34. The van der Waals surface area contributed by atoms with E-state index in [9.17, 15) is 0 Å². The lowest BCUT2D eigenvalue weighted by Gasteiger charge is -2.28. The molecule has 102 valence electrons. The molecule has 0 fully saturated rings. The summed E-state index contributed by atoms with van der Waals surface area (Å²) < 4.78 is 5.89. The summed E-state index contributed by atoms with van der Waals surface area (Å²) in [6.45, 7) is 3.17. The molecular formula is C18H19NO. The molecule has 2 heterocycles. The van der Waals surface area contributed by atoms with Crippen LogP contribution >= 0.6 is 0 Å². The van der Waals surface area contributed by atoms with Crippen molar-refractivity contribution in [1.29, 1.82) is 0 Å². The summed E-state index contributed by atoms with van der Waals surface area (Å²) in [5, 5.41) is 3.65. The molecule has 0 saturated heterocycles. The van der Waals surface area contributed by atoms with Crippen LogP contribution in [0.15, 0.2) is 42.5 Å². The zero-order valence-corrected chi connectivity index (χ0v) is 11.7. The molecule has 0 radical (unpaired) electrons. The molecule has 0 aliphatic carbocycles. The molecule has 2 heteroatoms. The van der Waals surface area contributed by atoms with Gasteiger partial charge >= 0.3 is 0 Å². The number of benzene rings is 2. The maximum Gasteiger partial charge on any atom is 0.123 e. The van der Waals surface area contributed by atoms with Crippen molar-refractivity contribution in [2.45, 2.75) is 31.9 Å². The molecule has 2 atom stereocenters. The minimum Gasteiger partial charge on any atom is -0.490 e. The molecule has 20 heavy (non-hydrogen) atoms. The van der Waals surface area contributed by atoms with Gasteiger partial charge in [-0.2, -0.15) is 0 Å². The normalized spacial score (nSPS) is 23.9. The van der Waals surface area contributed by atoms with Gasteiger partial charge in [-0.25, -0.2) is 0 Å². The first kappa shape index (κ1) is 12.0. The Bertz CT molecular complexity index is 635. The topological polar surface area (TPSA) is 21.3 Å². The summed E-state index contributed by atoms with van der Waals surface area (Å²) in [7, 11) is 0. The fourth-order valence-electron chi connectivity index (χ4n) is 3.41. The predicted octanol–water partition coefficient (Wildman–Crippen LogP) is 3.25. The van der Waals surface area contributed by atoms with Gasteiger partial charge in [-0.15, -0.1) is 0 Å². The molecular weight excluding hydrogens is 246 g/mol. The molecule has 0 bridgehead atoms. The Morgan fingerprint density at radius 3 is 2.80 bits per heavy atom. The molecule has 1 N–H and O–H groups in total. The van der Waals surface area contributed by atoms with Crippen molar-refractivity contribution in [2.24, 2.45) is 0 Å². The first-order valence-corrected chi connectivity index (χ1v) is 7.42. The van der Waals surface area contributed by atoms with Crippen LogP contribution in [0.1, 0.15) is 35.2 Å². The molecule has 2 aromatic rings. The molecule has 2 aliphatic rings. The van der Waals surface area contributed by atoms with Gasteiger partial charge < -0.3 is 10.1 Å². The van der Waals surface area contributed by atoms with Crippen molar-refractivity contribution in [1.82, 2.24) is 5.32 Å². The molecule has 0 aromatic heterocycles. The molecule has 0 saturated carbocycles. The highest BCUT2D eigenvalue weighted by molar-refractivity contribution is 5.49. The second-order valence-corrected chi connectivity index (χ2v) is 5.84. The Balaban J connectivity index is 1.80. The number of hydrogen-bond donors (Lipinski definition) is 1. The van der Waals surface area contributed by atoms with Crippen molar-refractivity contribution < 1.29 is 4.74 Å². The molecule has 0 amide bonds. The van der Waals surface area contributed by atoms with E-state index in [2.05, 4.69) is 54.7 Å². The number of ether oxygens (including phenoxy) is 1. The Labute approximate surface area is 119 Å². The zero-order valence-electron chi connectivity index (χ0n) is 11.7. The van der Waals surface area contributed by atoms with Gasteiger partial charge in [-0.3, -0.25) is 0 Å². The van der Waals surface area contributed by atoms with Gasteiger partial charge in [-0.1, -0.05) is 30.3 Å². The Kier molecular flexibility index (Phi) is 2.78. The maximum absolute atomic E-state index is 5.89. The van der Waals surface area contributed by atoms with Crippen molar-refractivity contribution >= 4 is 0 Å². The van der Waals surface area contributed by atoms with Gasteiger partial charge in [0.2, 0.25) is 0 Å². The van der Waals surface area contributed by atoms with E-state index < -0.39 is 0 Å². The third kappa shape index (κ3) is 1.92. The van der Waals surface area contributed by atoms with Crippen LogP contribution in [0.4, 0.5) is 0 Å². The summed E-state index contributed by atoms with van der Waals surface area (Å²) in [6.07, 6.45) is 2.44. The highest BCUT2D eigenvalue weighted by Crippen LogP contribution is 2.37. The largest absolute Gasteiger partial charge is 0.490 e. The van der Waals surface area contributed by atoms with Crippen LogP contribution in [-0.2, 0) is 12.8 Å². The lowest BCUT2D eigenvalue weighted by molar-refractivity contribution is 0.254. The van der Waals surface area contributed by atoms with Gasteiger partial charge in [0.05, 0.1) is 6.04 Å². The van der Waals surface area contributed by atoms with Crippen LogP contribution in [0.5, 0.6) is 5.75 Å². The van der Waals surface area contributed by atoms with E-state index in [4.69, 9.17) is 4.74 Å². The zero-order chi connectivity index (χ0) is 13.5. The van der Waals surface area contributed by atoms with Crippen molar-refractivity contribution in [3.63, 3.8) is 0 Å². The first-order valence-electron chi connectivity index (χ1n) is 7.42. The highest BCUT2D eigenvalue weighted by atomic mass is 16.5. The van der Waals surface area contributed by atoms with Gasteiger partial charge in [0.1, 0.15) is 11.9 Å². The molecule has 0 spiro atoms. The summed E-state index contributed by atoms with van der Waals surface area (Å²) >= 11 is 0. The van der Waals surface area contributed by atoms with E-state index in [1.165, 1.54) is 22.3 Å². The average Bonchev–Trinajstić information content (AvgIpc) is 2.84. The van der Waals surface area contributed by atoms with Gasteiger partial charge in [0.15, 0.2) is 0 Å². The van der Waals surface area contributed by atoms with Crippen LogP contribution in [-0.4, -0.2) is 12.6 Å². The maximum atomic E-state index is 5.89. The minimum atomic E-state index is 0.317. The Morgan fingerprint density at radius 2 is 1.95 bits per heavy atom. The minimum absolute atomic E-state index is 0.317. The molecule has 2 aliphatic heterocycles. The highest BCUT2D eigenvalue weighted by Gasteiger charge is 2.26. The van der Waals surface area contributed by atoms with E-state index in [0.717, 1.165) is 25.1 Å². The molecule has 4 rings (SSSR count). The van der Waals surface area contributed by atoms with Gasteiger partial charge in [0.25, 0.3) is 0 Å². The number of nitrogens with one attached hydrogen (secondary N) is 1. The van der Waals surface area contributed by atoms with Crippen molar-refractivity contribution in [3.05, 3.63) is 64.7 Å². The van der Waals surface area contributed by atoms with E-state index in [0.29, 0.717) is 12.1 Å². The van der Waals surface area contributed by atoms with Crippen LogP contribution in [0.2, 0.25) is 0 Å². The first-order chi connectivity index (χ1) is 9.81. The van der Waals surface area contributed by atoms with E-state index in [-0.39, 0.29) is 0 Å². The summed E-state index contributed by atoms with van der Waals surface area (Å²) in [5.74, 6) is 1.10. The molecule has 2 unspecified atom stereocenters. The number of fused-ring (bicyclic) bond motifs is 2. The Morgan fingerprint density at radius 1 is 1.10 bits per heavy atom. The monoisotopic (exact) mass is 265 g/mol. The quantitative estimate of drug-likeness (QED) is 0.854.